The Kier molecular flexibility index (Phi) is 2.18. The Morgan fingerprint density at radius 3 is 2.10 bits per heavy atom. The standard InChI is InChI=1S/C10H18/c1-7(2)10-6-5-8(3)9(10)4/h8-10H,1,5-6H2,2-4H3. The van der Waals surface area contributed by atoms with Gasteiger partial charge in [-0.2, -0.15) is 0 Å². The molecule has 1 aliphatic carbocycles. The van der Waals surface area contributed by atoms with Crippen LogP contribution >= 0.6 is 0 Å². The largest absolute Gasteiger partial charge is 0.0999 e. The van der Waals surface area contributed by atoms with Crippen molar-refractivity contribution in [2.45, 2.75) is 33.6 Å². The van der Waals surface area contributed by atoms with Crippen LogP contribution in [-0.2, 0) is 0 Å². The first-order chi connectivity index (χ1) is 4.63. The maximum atomic E-state index is 4.02. The second-order valence-electron chi connectivity index (χ2n) is 3.87. The fraction of sp³-hybridized carbons (Fsp3) is 0.800. The summed E-state index contributed by atoms with van der Waals surface area (Å²) in [5, 5.41) is 0. The third-order valence-corrected chi connectivity index (χ3v) is 3.10. The van der Waals surface area contributed by atoms with Crippen LogP contribution in [0.4, 0.5) is 0 Å². The van der Waals surface area contributed by atoms with E-state index >= 15 is 0 Å². The summed E-state index contributed by atoms with van der Waals surface area (Å²) < 4.78 is 0. The molecule has 0 amide bonds. The predicted octanol–water partition coefficient (Wildman–Crippen LogP) is 3.24. The molecule has 1 fully saturated rings. The van der Waals surface area contributed by atoms with Crippen LogP contribution in [0.2, 0.25) is 0 Å². The molecule has 0 aliphatic heterocycles. The quantitative estimate of drug-likeness (QED) is 0.488. The number of rotatable bonds is 1. The van der Waals surface area contributed by atoms with Crippen LogP contribution in [0.1, 0.15) is 33.6 Å². The lowest BCUT2D eigenvalue weighted by Crippen LogP contribution is -2.08. The molecule has 0 aromatic rings. The van der Waals surface area contributed by atoms with Gasteiger partial charge >= 0.3 is 0 Å². The lowest BCUT2D eigenvalue weighted by Gasteiger charge is -2.17. The van der Waals surface area contributed by atoms with Crippen molar-refractivity contribution in [1.29, 1.82) is 0 Å². The molecule has 3 unspecified atom stereocenters. The number of hydrogen-bond donors (Lipinski definition) is 0. The van der Waals surface area contributed by atoms with Crippen molar-refractivity contribution in [3.05, 3.63) is 12.2 Å². The van der Waals surface area contributed by atoms with E-state index in [1.54, 1.807) is 0 Å². The third-order valence-electron chi connectivity index (χ3n) is 3.10. The Morgan fingerprint density at radius 1 is 1.30 bits per heavy atom. The summed E-state index contributed by atoms with van der Waals surface area (Å²) in [6.07, 6.45) is 2.77. The van der Waals surface area contributed by atoms with Crippen molar-refractivity contribution in [3.63, 3.8) is 0 Å². The minimum absolute atomic E-state index is 0.815. The van der Waals surface area contributed by atoms with Crippen molar-refractivity contribution in [1.82, 2.24) is 0 Å². The molecule has 0 spiro atoms. The van der Waals surface area contributed by atoms with Crippen LogP contribution in [-0.4, -0.2) is 0 Å². The Bertz CT molecular complexity index is 135. The molecule has 1 saturated carbocycles. The first kappa shape index (κ1) is 7.84. The number of hydrogen-bond acceptors (Lipinski definition) is 0. The summed E-state index contributed by atoms with van der Waals surface area (Å²) in [5.41, 5.74) is 1.39. The highest BCUT2D eigenvalue weighted by molar-refractivity contribution is 5.02. The van der Waals surface area contributed by atoms with Gasteiger partial charge in [0.15, 0.2) is 0 Å². The molecule has 0 radical (unpaired) electrons. The smallest absolute Gasteiger partial charge is 0.0180 e. The average molecular weight is 138 g/mol. The molecule has 3 atom stereocenters. The molecule has 0 nitrogen and oxygen atoms in total. The molecule has 0 aromatic carbocycles. The van der Waals surface area contributed by atoms with Crippen LogP contribution in [0.25, 0.3) is 0 Å². The van der Waals surface area contributed by atoms with E-state index in [0.717, 1.165) is 17.8 Å². The fourth-order valence-corrected chi connectivity index (χ4v) is 2.06. The molecule has 1 rings (SSSR count). The first-order valence-corrected chi connectivity index (χ1v) is 4.28. The van der Waals surface area contributed by atoms with E-state index in [1.807, 2.05) is 0 Å². The van der Waals surface area contributed by atoms with Gasteiger partial charge in [0.05, 0.1) is 0 Å². The SMILES string of the molecule is C=C(C)C1CCC(C)C1C. The van der Waals surface area contributed by atoms with E-state index in [-0.39, 0.29) is 0 Å². The highest BCUT2D eigenvalue weighted by atomic mass is 14.3. The molecule has 0 bridgehead atoms. The van der Waals surface area contributed by atoms with E-state index in [4.69, 9.17) is 0 Å². The van der Waals surface area contributed by atoms with Crippen LogP contribution in [0.5, 0.6) is 0 Å². The van der Waals surface area contributed by atoms with Gasteiger partial charge in [0.2, 0.25) is 0 Å². The second kappa shape index (κ2) is 2.77. The van der Waals surface area contributed by atoms with Crippen LogP contribution in [0, 0.1) is 17.8 Å². The summed E-state index contributed by atoms with van der Waals surface area (Å²) in [6, 6.07) is 0. The Labute approximate surface area is 64.3 Å². The topological polar surface area (TPSA) is 0 Å². The van der Waals surface area contributed by atoms with Gasteiger partial charge in [0.25, 0.3) is 0 Å². The Hall–Kier alpha value is -0.260. The minimum atomic E-state index is 0.815. The van der Waals surface area contributed by atoms with E-state index in [0.29, 0.717) is 0 Å². The minimum Gasteiger partial charge on any atom is -0.0999 e. The second-order valence-corrected chi connectivity index (χ2v) is 3.87. The zero-order valence-corrected chi connectivity index (χ0v) is 7.35. The molecule has 0 heteroatoms. The summed E-state index contributed by atoms with van der Waals surface area (Å²) in [5.74, 6) is 2.61. The van der Waals surface area contributed by atoms with Crippen molar-refractivity contribution >= 4 is 0 Å². The van der Waals surface area contributed by atoms with E-state index < -0.39 is 0 Å². The summed E-state index contributed by atoms with van der Waals surface area (Å²) in [4.78, 5) is 0. The van der Waals surface area contributed by atoms with Gasteiger partial charge in [-0.25, -0.2) is 0 Å². The van der Waals surface area contributed by atoms with E-state index in [9.17, 15) is 0 Å². The van der Waals surface area contributed by atoms with Crippen molar-refractivity contribution in [2.24, 2.45) is 17.8 Å². The predicted molar refractivity (Wildman–Crippen MR) is 45.9 cm³/mol. The molecular weight excluding hydrogens is 120 g/mol. The van der Waals surface area contributed by atoms with Gasteiger partial charge in [-0.15, -0.1) is 0 Å². The zero-order valence-electron chi connectivity index (χ0n) is 7.35. The number of allylic oxidation sites excluding steroid dienone is 1. The lowest BCUT2D eigenvalue weighted by atomic mass is 9.88. The molecule has 0 N–H and O–H groups in total. The molecule has 1 aliphatic rings. The zero-order chi connectivity index (χ0) is 7.72. The van der Waals surface area contributed by atoms with Gasteiger partial charge < -0.3 is 0 Å². The molecule has 58 valence electrons. The highest BCUT2D eigenvalue weighted by Crippen LogP contribution is 2.39. The average Bonchev–Trinajstić information content (AvgIpc) is 2.14. The van der Waals surface area contributed by atoms with E-state index in [2.05, 4.69) is 27.4 Å². The van der Waals surface area contributed by atoms with Gasteiger partial charge in [-0.05, 0) is 37.5 Å². The van der Waals surface area contributed by atoms with Crippen molar-refractivity contribution in [3.8, 4) is 0 Å². The normalized spacial score (nSPS) is 40.1. The van der Waals surface area contributed by atoms with E-state index in [1.165, 1.54) is 18.4 Å². The van der Waals surface area contributed by atoms with Gasteiger partial charge in [0.1, 0.15) is 0 Å². The molecule has 0 aromatic heterocycles. The molecular formula is C10H18. The summed E-state index contributed by atoms with van der Waals surface area (Å²) >= 11 is 0. The monoisotopic (exact) mass is 138 g/mol. The Balaban J connectivity index is 2.57. The summed E-state index contributed by atoms with van der Waals surface area (Å²) in [6.45, 7) is 10.9. The van der Waals surface area contributed by atoms with Crippen molar-refractivity contribution in [2.75, 3.05) is 0 Å². The van der Waals surface area contributed by atoms with Gasteiger partial charge in [0, 0.05) is 0 Å². The fourth-order valence-electron chi connectivity index (χ4n) is 2.06. The highest BCUT2D eigenvalue weighted by Gasteiger charge is 2.29. The summed E-state index contributed by atoms with van der Waals surface area (Å²) in [7, 11) is 0. The Morgan fingerprint density at radius 2 is 1.90 bits per heavy atom. The van der Waals surface area contributed by atoms with Gasteiger partial charge in [-0.1, -0.05) is 26.0 Å². The molecule has 0 saturated heterocycles. The maximum absolute atomic E-state index is 4.02. The molecule has 0 heterocycles. The van der Waals surface area contributed by atoms with Crippen LogP contribution in [0.15, 0.2) is 12.2 Å². The van der Waals surface area contributed by atoms with Crippen LogP contribution in [0.3, 0.4) is 0 Å². The molecule has 10 heavy (non-hydrogen) atoms. The van der Waals surface area contributed by atoms with Gasteiger partial charge in [-0.3, -0.25) is 0 Å². The van der Waals surface area contributed by atoms with Crippen molar-refractivity contribution < 1.29 is 0 Å². The maximum Gasteiger partial charge on any atom is -0.0180 e. The van der Waals surface area contributed by atoms with Crippen LogP contribution < -0.4 is 0 Å². The first-order valence-electron chi connectivity index (χ1n) is 4.28. The lowest BCUT2D eigenvalue weighted by molar-refractivity contribution is 0.395. The third kappa shape index (κ3) is 1.25.